The summed E-state index contributed by atoms with van der Waals surface area (Å²) in [5, 5.41) is 22.3. The van der Waals surface area contributed by atoms with E-state index in [1.54, 1.807) is 42.5 Å². The Morgan fingerprint density at radius 1 is 0.917 bits per heavy atom. The van der Waals surface area contributed by atoms with Crippen LogP contribution in [0.15, 0.2) is 65.1 Å². The third kappa shape index (κ3) is 4.84. The number of aryl methyl sites for hydroxylation is 1. The predicted molar refractivity (Wildman–Crippen MR) is 142 cm³/mol. The van der Waals surface area contributed by atoms with Crippen LogP contribution in [0.4, 0.5) is 27.5 Å². The number of benzene rings is 3. The molecular weight excluding hydrogens is 524 g/mol. The van der Waals surface area contributed by atoms with Crippen LogP contribution in [0.2, 0.25) is 0 Å². The van der Waals surface area contributed by atoms with Gasteiger partial charge in [-0.1, -0.05) is 34.1 Å². The Bertz CT molecular complexity index is 1380. The number of urea groups is 1. The standard InChI is InChI=1S/C27H25BrN4O4/c28-17-11-12-23-21(13-17)27(36,15-24(33)31-23)25(34)29-18-7-4-8-19(14-18)30-26(35)32-22-10-3-6-16-5-1-2-9-20(16)22/h3-4,6-8,10-14,36H,1-2,5,9,15H2,(H,29,34)(H,31,33)(H2,30,32,35). The number of halogens is 1. The number of fused-ring (bicyclic) bond motifs is 2. The molecule has 8 nitrogen and oxygen atoms in total. The Hall–Kier alpha value is -3.69. The van der Waals surface area contributed by atoms with Crippen molar-refractivity contribution in [3.05, 3.63) is 81.8 Å². The fourth-order valence-corrected chi connectivity index (χ4v) is 5.15. The summed E-state index contributed by atoms with van der Waals surface area (Å²) in [6.07, 6.45) is 3.80. The maximum atomic E-state index is 13.2. The van der Waals surface area contributed by atoms with E-state index in [4.69, 9.17) is 0 Å². The number of carbonyl (C=O) groups excluding carboxylic acids is 3. The van der Waals surface area contributed by atoms with Crippen LogP contribution in [0.3, 0.4) is 0 Å². The normalized spacial score (nSPS) is 18.3. The highest BCUT2D eigenvalue weighted by Gasteiger charge is 2.45. The van der Waals surface area contributed by atoms with Gasteiger partial charge in [-0.15, -0.1) is 0 Å². The smallest absolute Gasteiger partial charge is 0.323 e. The lowest BCUT2D eigenvalue weighted by atomic mass is 9.85. The molecule has 36 heavy (non-hydrogen) atoms. The van der Waals surface area contributed by atoms with Gasteiger partial charge in [-0.2, -0.15) is 0 Å². The Balaban J connectivity index is 1.30. The van der Waals surface area contributed by atoms with Gasteiger partial charge in [0, 0.05) is 32.8 Å². The lowest BCUT2D eigenvalue weighted by molar-refractivity contribution is -0.141. The summed E-state index contributed by atoms with van der Waals surface area (Å²) < 4.78 is 0.667. The molecule has 184 valence electrons. The molecule has 0 fully saturated rings. The van der Waals surface area contributed by atoms with Crippen LogP contribution in [0.25, 0.3) is 0 Å². The van der Waals surface area contributed by atoms with Crippen LogP contribution in [-0.2, 0) is 28.0 Å². The van der Waals surface area contributed by atoms with E-state index in [2.05, 4.69) is 43.3 Å². The van der Waals surface area contributed by atoms with Gasteiger partial charge in [0.05, 0.1) is 6.42 Å². The summed E-state index contributed by atoms with van der Waals surface area (Å²) in [4.78, 5) is 38.1. The van der Waals surface area contributed by atoms with E-state index in [-0.39, 0.29) is 6.03 Å². The molecule has 1 atom stereocenters. The third-order valence-electron chi connectivity index (χ3n) is 6.52. The predicted octanol–water partition coefficient (Wildman–Crippen LogP) is 5.14. The molecule has 0 radical (unpaired) electrons. The van der Waals surface area contributed by atoms with Gasteiger partial charge in [-0.3, -0.25) is 9.59 Å². The zero-order chi connectivity index (χ0) is 25.3. The van der Waals surface area contributed by atoms with Gasteiger partial charge in [-0.05, 0) is 79.3 Å². The Morgan fingerprint density at radius 3 is 2.50 bits per heavy atom. The lowest BCUT2D eigenvalue weighted by Crippen LogP contribution is -2.46. The van der Waals surface area contributed by atoms with Crippen molar-refractivity contribution in [1.82, 2.24) is 0 Å². The van der Waals surface area contributed by atoms with Gasteiger partial charge in [-0.25, -0.2) is 4.79 Å². The van der Waals surface area contributed by atoms with Gasteiger partial charge in [0.15, 0.2) is 5.60 Å². The van der Waals surface area contributed by atoms with Crippen LogP contribution in [0.1, 0.15) is 36.0 Å². The summed E-state index contributed by atoms with van der Waals surface area (Å²) in [6.45, 7) is 0. The second kappa shape index (κ2) is 9.75. The van der Waals surface area contributed by atoms with Crippen molar-refractivity contribution in [2.45, 2.75) is 37.7 Å². The molecule has 3 aromatic carbocycles. The fourth-order valence-electron chi connectivity index (χ4n) is 4.78. The molecule has 1 aliphatic heterocycles. The van der Waals surface area contributed by atoms with Crippen LogP contribution in [0, 0.1) is 0 Å². The Kier molecular flexibility index (Phi) is 6.51. The second-order valence-corrected chi connectivity index (χ2v) is 9.96. The summed E-state index contributed by atoms with van der Waals surface area (Å²) >= 11 is 3.35. The molecule has 2 aliphatic rings. The maximum absolute atomic E-state index is 13.2. The highest BCUT2D eigenvalue weighted by atomic mass is 79.9. The first kappa shape index (κ1) is 24.0. The summed E-state index contributed by atoms with van der Waals surface area (Å²) in [5.41, 5.74) is 2.71. The number of amides is 4. The minimum Gasteiger partial charge on any atom is -0.375 e. The summed E-state index contributed by atoms with van der Waals surface area (Å²) in [6, 6.07) is 17.1. The fraction of sp³-hybridized carbons (Fsp3) is 0.222. The van der Waals surface area contributed by atoms with Gasteiger partial charge in [0.25, 0.3) is 5.91 Å². The Morgan fingerprint density at radius 2 is 1.67 bits per heavy atom. The van der Waals surface area contributed by atoms with Crippen molar-refractivity contribution < 1.29 is 19.5 Å². The molecule has 0 bridgehead atoms. The number of aliphatic hydroxyl groups is 1. The molecule has 1 unspecified atom stereocenters. The molecule has 1 aliphatic carbocycles. The van der Waals surface area contributed by atoms with Crippen LogP contribution in [-0.4, -0.2) is 23.0 Å². The van der Waals surface area contributed by atoms with Crippen molar-refractivity contribution >= 4 is 56.5 Å². The minimum absolute atomic E-state index is 0.300. The SMILES string of the molecule is O=C1CC(O)(C(=O)Nc2cccc(NC(=O)Nc3cccc4c3CCCC4)c2)c2cc(Br)ccc2N1. The van der Waals surface area contributed by atoms with Gasteiger partial charge in [0.2, 0.25) is 5.91 Å². The number of nitrogens with one attached hydrogen (secondary N) is 4. The minimum atomic E-state index is -2.05. The highest BCUT2D eigenvalue weighted by molar-refractivity contribution is 9.10. The largest absolute Gasteiger partial charge is 0.375 e. The van der Waals surface area contributed by atoms with Crippen LogP contribution in [0.5, 0.6) is 0 Å². The Labute approximate surface area is 216 Å². The van der Waals surface area contributed by atoms with E-state index in [9.17, 15) is 19.5 Å². The zero-order valence-electron chi connectivity index (χ0n) is 19.4. The van der Waals surface area contributed by atoms with Crippen LogP contribution >= 0.6 is 15.9 Å². The van der Waals surface area contributed by atoms with Crippen molar-refractivity contribution in [2.75, 3.05) is 21.3 Å². The molecule has 0 saturated heterocycles. The average Bonchev–Trinajstić information content (AvgIpc) is 2.85. The molecule has 4 amide bonds. The molecule has 5 rings (SSSR count). The third-order valence-corrected chi connectivity index (χ3v) is 7.01. The zero-order valence-corrected chi connectivity index (χ0v) is 20.9. The first-order valence-corrected chi connectivity index (χ1v) is 12.5. The van der Waals surface area contributed by atoms with E-state index in [0.29, 0.717) is 27.1 Å². The van der Waals surface area contributed by atoms with Gasteiger partial charge >= 0.3 is 6.03 Å². The van der Waals surface area contributed by atoms with E-state index < -0.39 is 23.8 Å². The number of carbonyl (C=O) groups is 3. The topological polar surface area (TPSA) is 120 Å². The number of rotatable bonds is 4. The van der Waals surface area contributed by atoms with Crippen molar-refractivity contribution in [2.24, 2.45) is 0 Å². The molecule has 0 saturated carbocycles. The quantitative estimate of drug-likeness (QED) is 0.310. The molecule has 1 heterocycles. The second-order valence-electron chi connectivity index (χ2n) is 9.04. The van der Waals surface area contributed by atoms with Crippen LogP contribution < -0.4 is 21.3 Å². The molecular formula is C27H25BrN4O4. The van der Waals surface area contributed by atoms with E-state index in [1.165, 1.54) is 11.1 Å². The monoisotopic (exact) mass is 548 g/mol. The summed E-state index contributed by atoms with van der Waals surface area (Å²) in [7, 11) is 0. The maximum Gasteiger partial charge on any atom is 0.323 e. The molecule has 0 aromatic heterocycles. The van der Waals surface area contributed by atoms with Gasteiger partial charge < -0.3 is 26.4 Å². The number of hydrogen-bond donors (Lipinski definition) is 5. The van der Waals surface area contributed by atoms with E-state index in [0.717, 1.165) is 31.4 Å². The van der Waals surface area contributed by atoms with E-state index >= 15 is 0 Å². The van der Waals surface area contributed by atoms with Crippen molar-refractivity contribution in [3.63, 3.8) is 0 Å². The average molecular weight is 549 g/mol. The molecule has 9 heteroatoms. The lowest BCUT2D eigenvalue weighted by Gasteiger charge is -2.33. The first-order valence-electron chi connectivity index (χ1n) is 11.7. The number of hydrogen-bond acceptors (Lipinski definition) is 4. The van der Waals surface area contributed by atoms with E-state index in [1.807, 2.05) is 12.1 Å². The van der Waals surface area contributed by atoms with Crippen molar-refractivity contribution in [1.29, 1.82) is 0 Å². The molecule has 5 N–H and O–H groups in total. The summed E-state index contributed by atoms with van der Waals surface area (Å²) in [5.74, 6) is -1.20. The molecule has 3 aromatic rings. The van der Waals surface area contributed by atoms with Gasteiger partial charge in [0.1, 0.15) is 0 Å². The van der Waals surface area contributed by atoms with Crippen molar-refractivity contribution in [3.8, 4) is 0 Å². The first-order chi connectivity index (χ1) is 17.3. The number of anilines is 4. The molecule has 0 spiro atoms. The highest BCUT2D eigenvalue weighted by Crippen LogP contribution is 2.38.